The fraction of sp³-hybridized carbons (Fsp3) is 0.375. The molecular formula is C24H30N2O3. The molecule has 154 valence electrons. The van der Waals surface area contributed by atoms with Crippen molar-refractivity contribution in [3.05, 3.63) is 65.2 Å². The topological polar surface area (TPSA) is 50.8 Å². The number of carbonyl (C=O) groups is 1. The van der Waals surface area contributed by atoms with Crippen LogP contribution >= 0.6 is 0 Å². The van der Waals surface area contributed by atoms with E-state index in [9.17, 15) is 4.79 Å². The van der Waals surface area contributed by atoms with Crippen molar-refractivity contribution < 1.29 is 14.3 Å². The van der Waals surface area contributed by atoms with Gasteiger partial charge in [-0.2, -0.15) is 0 Å². The third kappa shape index (κ3) is 6.09. The van der Waals surface area contributed by atoms with Gasteiger partial charge >= 0.3 is 0 Å². The third-order valence-electron chi connectivity index (χ3n) is 5.08. The summed E-state index contributed by atoms with van der Waals surface area (Å²) in [5, 5.41) is 3.00. The predicted molar refractivity (Wildman–Crippen MR) is 116 cm³/mol. The van der Waals surface area contributed by atoms with Crippen molar-refractivity contribution in [2.24, 2.45) is 0 Å². The minimum Gasteiger partial charge on any atom is -0.493 e. The van der Waals surface area contributed by atoms with E-state index in [0.717, 1.165) is 25.2 Å². The minimum absolute atomic E-state index is 0.116. The van der Waals surface area contributed by atoms with Crippen LogP contribution in [0.2, 0.25) is 0 Å². The maximum Gasteiger partial charge on any atom is 0.244 e. The number of rotatable bonds is 9. The van der Waals surface area contributed by atoms with Crippen LogP contribution in [0.5, 0.6) is 11.5 Å². The number of nitrogens with zero attached hydrogens (tertiary/aromatic N) is 1. The Hall–Kier alpha value is -2.79. The Morgan fingerprint density at radius 2 is 1.86 bits per heavy atom. The average Bonchev–Trinajstić information content (AvgIpc) is 3.25. The number of nitrogens with one attached hydrogen (secondary N) is 1. The molecular weight excluding hydrogens is 364 g/mol. The monoisotopic (exact) mass is 394 g/mol. The Kier molecular flexibility index (Phi) is 7.70. The van der Waals surface area contributed by atoms with Gasteiger partial charge in [-0.3, -0.25) is 9.69 Å². The van der Waals surface area contributed by atoms with Crippen molar-refractivity contribution in [2.75, 3.05) is 26.8 Å². The Bertz CT molecular complexity index is 842. The summed E-state index contributed by atoms with van der Waals surface area (Å²) < 4.78 is 10.9. The Morgan fingerprint density at radius 3 is 2.59 bits per heavy atom. The molecule has 1 aliphatic heterocycles. The van der Waals surface area contributed by atoms with Gasteiger partial charge in [0.05, 0.1) is 13.7 Å². The molecule has 2 aromatic rings. The first-order chi connectivity index (χ1) is 14.2. The highest BCUT2D eigenvalue weighted by atomic mass is 16.5. The van der Waals surface area contributed by atoms with E-state index in [0.29, 0.717) is 24.7 Å². The van der Waals surface area contributed by atoms with E-state index in [1.807, 2.05) is 31.2 Å². The van der Waals surface area contributed by atoms with Crippen LogP contribution in [0.1, 0.15) is 36.5 Å². The molecule has 0 saturated carbocycles. The van der Waals surface area contributed by atoms with Crippen molar-refractivity contribution >= 4 is 12.0 Å². The van der Waals surface area contributed by atoms with Crippen molar-refractivity contribution in [2.45, 2.75) is 32.9 Å². The lowest BCUT2D eigenvalue weighted by atomic mass is 10.1. The minimum atomic E-state index is -0.116. The second-order valence-corrected chi connectivity index (χ2v) is 7.15. The summed E-state index contributed by atoms with van der Waals surface area (Å²) in [6, 6.07) is 14.0. The van der Waals surface area contributed by atoms with Crippen LogP contribution in [-0.4, -0.2) is 37.6 Å². The summed E-state index contributed by atoms with van der Waals surface area (Å²) >= 11 is 0. The van der Waals surface area contributed by atoms with Crippen LogP contribution in [0.25, 0.3) is 6.08 Å². The van der Waals surface area contributed by atoms with E-state index in [-0.39, 0.29) is 5.91 Å². The average molecular weight is 395 g/mol. The molecule has 29 heavy (non-hydrogen) atoms. The zero-order valence-electron chi connectivity index (χ0n) is 17.3. The van der Waals surface area contributed by atoms with Crippen molar-refractivity contribution in [3.63, 3.8) is 0 Å². The number of amides is 1. The highest BCUT2D eigenvalue weighted by molar-refractivity contribution is 5.91. The van der Waals surface area contributed by atoms with Crippen molar-refractivity contribution in [3.8, 4) is 11.5 Å². The van der Waals surface area contributed by atoms with Gasteiger partial charge in [0.15, 0.2) is 11.5 Å². The zero-order chi connectivity index (χ0) is 20.5. The summed E-state index contributed by atoms with van der Waals surface area (Å²) in [4.78, 5) is 14.8. The molecule has 1 heterocycles. The summed E-state index contributed by atoms with van der Waals surface area (Å²) in [7, 11) is 1.61. The van der Waals surface area contributed by atoms with E-state index >= 15 is 0 Å². The molecule has 3 rings (SSSR count). The first kappa shape index (κ1) is 20.9. The largest absolute Gasteiger partial charge is 0.493 e. The predicted octanol–water partition coefficient (Wildman–Crippen LogP) is 4.02. The van der Waals surface area contributed by atoms with Gasteiger partial charge < -0.3 is 14.8 Å². The molecule has 1 aliphatic rings. The summed E-state index contributed by atoms with van der Waals surface area (Å²) in [6.45, 7) is 6.29. The van der Waals surface area contributed by atoms with Crippen LogP contribution in [0.15, 0.2) is 48.5 Å². The standard InChI is InChI=1S/C24H30N2O3/c1-3-29-23-16-19(10-12-22(23)28-2)11-13-24(27)25-17-20-8-4-5-9-21(20)18-26-14-6-7-15-26/h4-5,8-13,16H,3,6-7,14-15,17-18H2,1-2H3,(H,25,27)/b13-11+. The van der Waals surface area contributed by atoms with Gasteiger partial charge in [-0.25, -0.2) is 0 Å². The smallest absolute Gasteiger partial charge is 0.244 e. The molecule has 0 aliphatic carbocycles. The molecule has 5 nitrogen and oxygen atoms in total. The highest BCUT2D eigenvalue weighted by Gasteiger charge is 2.13. The lowest BCUT2D eigenvalue weighted by molar-refractivity contribution is -0.116. The van der Waals surface area contributed by atoms with Crippen LogP contribution in [-0.2, 0) is 17.9 Å². The summed E-state index contributed by atoms with van der Waals surface area (Å²) in [5.74, 6) is 1.24. The van der Waals surface area contributed by atoms with Crippen LogP contribution < -0.4 is 14.8 Å². The maximum atomic E-state index is 12.3. The number of benzene rings is 2. The van der Waals surface area contributed by atoms with Gasteiger partial charge in [-0.15, -0.1) is 0 Å². The number of hydrogen-bond donors (Lipinski definition) is 1. The number of hydrogen-bond acceptors (Lipinski definition) is 4. The number of ether oxygens (including phenoxy) is 2. The lowest BCUT2D eigenvalue weighted by Gasteiger charge is -2.17. The molecule has 0 unspecified atom stereocenters. The normalized spacial score (nSPS) is 14.3. The molecule has 5 heteroatoms. The van der Waals surface area contributed by atoms with E-state index in [1.54, 1.807) is 19.3 Å². The second-order valence-electron chi connectivity index (χ2n) is 7.15. The quantitative estimate of drug-likeness (QED) is 0.653. The number of carbonyl (C=O) groups excluding carboxylic acids is 1. The molecule has 0 spiro atoms. The molecule has 1 saturated heterocycles. The maximum absolute atomic E-state index is 12.3. The van der Waals surface area contributed by atoms with E-state index < -0.39 is 0 Å². The van der Waals surface area contributed by atoms with Gasteiger partial charge in [0.2, 0.25) is 5.91 Å². The number of methoxy groups -OCH3 is 1. The molecule has 0 atom stereocenters. The Balaban J connectivity index is 1.58. The van der Waals surface area contributed by atoms with Crippen molar-refractivity contribution in [1.29, 1.82) is 0 Å². The van der Waals surface area contributed by atoms with Crippen molar-refractivity contribution in [1.82, 2.24) is 10.2 Å². The fourth-order valence-corrected chi connectivity index (χ4v) is 3.54. The van der Waals surface area contributed by atoms with E-state index in [4.69, 9.17) is 9.47 Å². The van der Waals surface area contributed by atoms with Gasteiger partial charge in [0, 0.05) is 19.2 Å². The summed E-state index contributed by atoms with van der Waals surface area (Å²) in [6.07, 6.45) is 5.90. The van der Waals surface area contributed by atoms with Gasteiger partial charge in [0.1, 0.15) is 0 Å². The van der Waals surface area contributed by atoms with Gasteiger partial charge in [0.25, 0.3) is 0 Å². The second kappa shape index (κ2) is 10.7. The zero-order valence-corrected chi connectivity index (χ0v) is 17.3. The van der Waals surface area contributed by atoms with Crippen LogP contribution in [0.3, 0.4) is 0 Å². The SMILES string of the molecule is CCOc1cc(/C=C/C(=O)NCc2ccccc2CN2CCCC2)ccc1OC. The van der Waals surface area contributed by atoms with E-state index in [2.05, 4.69) is 28.4 Å². The molecule has 2 aromatic carbocycles. The fourth-order valence-electron chi connectivity index (χ4n) is 3.54. The number of likely N-dealkylation sites (tertiary alicyclic amines) is 1. The Labute approximate surface area is 173 Å². The van der Waals surface area contributed by atoms with E-state index in [1.165, 1.54) is 24.0 Å². The Morgan fingerprint density at radius 1 is 1.10 bits per heavy atom. The molecule has 0 aromatic heterocycles. The van der Waals surface area contributed by atoms with Gasteiger partial charge in [-0.05, 0) is 67.8 Å². The van der Waals surface area contributed by atoms with Gasteiger partial charge in [-0.1, -0.05) is 30.3 Å². The third-order valence-corrected chi connectivity index (χ3v) is 5.08. The highest BCUT2D eigenvalue weighted by Crippen LogP contribution is 2.28. The first-order valence-electron chi connectivity index (χ1n) is 10.3. The first-order valence-corrected chi connectivity index (χ1v) is 10.3. The van der Waals surface area contributed by atoms with Crippen LogP contribution in [0, 0.1) is 0 Å². The molecule has 1 N–H and O–H groups in total. The van der Waals surface area contributed by atoms with Crippen LogP contribution in [0.4, 0.5) is 0 Å². The molecule has 0 radical (unpaired) electrons. The summed E-state index contributed by atoms with van der Waals surface area (Å²) in [5.41, 5.74) is 3.35. The molecule has 1 amide bonds. The lowest BCUT2D eigenvalue weighted by Crippen LogP contribution is -2.23. The molecule has 0 bridgehead atoms. The molecule has 1 fully saturated rings.